The summed E-state index contributed by atoms with van der Waals surface area (Å²) in [6, 6.07) is 7.87. The van der Waals surface area contributed by atoms with Gasteiger partial charge in [-0.25, -0.2) is 9.50 Å². The van der Waals surface area contributed by atoms with E-state index < -0.39 is 0 Å². The molecule has 0 atom stereocenters. The van der Waals surface area contributed by atoms with Crippen molar-refractivity contribution >= 4 is 39.2 Å². The molecule has 0 unspecified atom stereocenters. The second-order valence-corrected chi connectivity index (χ2v) is 5.07. The summed E-state index contributed by atoms with van der Waals surface area (Å²) >= 11 is 1.57. The minimum absolute atomic E-state index is 0.550. The minimum Gasteiger partial charge on any atom is -0.324 e. The van der Waals surface area contributed by atoms with E-state index in [-0.39, 0.29) is 0 Å². The minimum atomic E-state index is 0.550. The van der Waals surface area contributed by atoms with Crippen LogP contribution in [-0.2, 0) is 0 Å². The number of nitrogens with zero attached hydrogens (tertiary/aromatic N) is 4. The molecule has 0 amide bonds. The highest BCUT2D eigenvalue weighted by atomic mass is 32.1. The molecule has 6 nitrogen and oxygen atoms in total. The normalized spacial score (nSPS) is 11.4. The molecule has 0 radical (unpaired) electrons. The maximum atomic E-state index is 4.43. The fourth-order valence-corrected chi connectivity index (χ4v) is 2.76. The van der Waals surface area contributed by atoms with Crippen molar-refractivity contribution in [3.05, 3.63) is 35.3 Å². The van der Waals surface area contributed by atoms with Crippen LogP contribution < -0.4 is 5.32 Å². The molecule has 4 rings (SSSR count). The van der Waals surface area contributed by atoms with Gasteiger partial charge in [-0.2, -0.15) is 4.98 Å². The number of aromatic nitrogens is 5. The van der Waals surface area contributed by atoms with E-state index in [0.29, 0.717) is 11.9 Å². The van der Waals surface area contributed by atoms with Gasteiger partial charge in [0.25, 0.3) is 5.95 Å². The largest absolute Gasteiger partial charge is 0.324 e. The molecular formula is C12H10N6S. The van der Waals surface area contributed by atoms with E-state index in [2.05, 4.69) is 25.4 Å². The number of anilines is 2. The zero-order valence-electron chi connectivity index (χ0n) is 10.1. The zero-order valence-corrected chi connectivity index (χ0v) is 10.9. The summed E-state index contributed by atoms with van der Waals surface area (Å²) in [7, 11) is 0. The molecule has 94 valence electrons. The second kappa shape index (κ2) is 3.79. The standard InChI is InChI=1S/C12H10N6S/c1-7-6-19-12-16-11(17-18(7)12)15-10-13-8-4-2-3-5-9(8)14-10/h2-6H,1H3,(H2,13,14,15,17). The Kier molecular flexibility index (Phi) is 2.10. The van der Waals surface area contributed by atoms with E-state index in [4.69, 9.17) is 0 Å². The summed E-state index contributed by atoms with van der Waals surface area (Å²) in [4.78, 5) is 12.9. The maximum Gasteiger partial charge on any atom is 0.250 e. The monoisotopic (exact) mass is 270 g/mol. The summed E-state index contributed by atoms with van der Waals surface area (Å²) in [5.41, 5.74) is 2.98. The van der Waals surface area contributed by atoms with Crippen LogP contribution in [0.25, 0.3) is 16.0 Å². The highest BCUT2D eigenvalue weighted by Gasteiger charge is 2.09. The molecule has 0 bridgehead atoms. The van der Waals surface area contributed by atoms with Crippen LogP contribution in [0, 0.1) is 6.92 Å². The van der Waals surface area contributed by atoms with Crippen molar-refractivity contribution in [2.75, 3.05) is 5.32 Å². The number of aromatic amines is 1. The predicted molar refractivity (Wildman–Crippen MR) is 75.0 cm³/mol. The SMILES string of the molecule is Cc1csc2nc(Nc3nc4ccccc4[nH]3)nn12. The molecule has 3 aromatic heterocycles. The second-order valence-electron chi connectivity index (χ2n) is 4.23. The summed E-state index contributed by atoms with van der Waals surface area (Å²) < 4.78 is 1.82. The fourth-order valence-electron chi connectivity index (χ4n) is 1.96. The molecule has 0 aliphatic rings. The summed E-state index contributed by atoms with van der Waals surface area (Å²) in [5, 5.41) is 9.50. The zero-order chi connectivity index (χ0) is 12.8. The number of H-pyrrole nitrogens is 1. The lowest BCUT2D eigenvalue weighted by atomic mass is 10.3. The third kappa shape index (κ3) is 1.66. The number of nitrogens with one attached hydrogen (secondary N) is 2. The van der Waals surface area contributed by atoms with Crippen molar-refractivity contribution in [1.29, 1.82) is 0 Å². The molecule has 0 saturated heterocycles. The van der Waals surface area contributed by atoms with Gasteiger partial charge < -0.3 is 4.98 Å². The van der Waals surface area contributed by atoms with E-state index in [1.807, 2.05) is 41.1 Å². The Balaban J connectivity index is 1.73. The Labute approximate surface area is 112 Å². The van der Waals surface area contributed by atoms with E-state index in [9.17, 15) is 0 Å². The van der Waals surface area contributed by atoms with E-state index in [1.54, 1.807) is 11.3 Å². The molecule has 0 spiro atoms. The van der Waals surface area contributed by atoms with Crippen LogP contribution in [0.4, 0.5) is 11.9 Å². The Morgan fingerprint density at radius 1 is 1.26 bits per heavy atom. The number of fused-ring (bicyclic) bond motifs is 2. The Morgan fingerprint density at radius 2 is 2.16 bits per heavy atom. The Hall–Kier alpha value is -2.41. The van der Waals surface area contributed by atoms with Gasteiger partial charge in [-0.15, -0.1) is 16.4 Å². The molecule has 3 heterocycles. The highest BCUT2D eigenvalue weighted by molar-refractivity contribution is 7.15. The van der Waals surface area contributed by atoms with Crippen molar-refractivity contribution in [3.63, 3.8) is 0 Å². The quantitative estimate of drug-likeness (QED) is 0.587. The number of benzene rings is 1. The van der Waals surface area contributed by atoms with Gasteiger partial charge in [-0.3, -0.25) is 5.32 Å². The first-order valence-corrected chi connectivity index (χ1v) is 6.70. The molecule has 7 heteroatoms. The van der Waals surface area contributed by atoms with Crippen LogP contribution in [0.1, 0.15) is 5.69 Å². The molecule has 0 fully saturated rings. The average molecular weight is 270 g/mol. The molecule has 2 N–H and O–H groups in total. The van der Waals surface area contributed by atoms with Crippen molar-refractivity contribution < 1.29 is 0 Å². The molecule has 0 saturated carbocycles. The smallest absolute Gasteiger partial charge is 0.250 e. The summed E-state index contributed by atoms with van der Waals surface area (Å²) in [5.74, 6) is 1.20. The van der Waals surface area contributed by atoms with E-state index in [0.717, 1.165) is 21.7 Å². The van der Waals surface area contributed by atoms with Gasteiger partial charge in [0.1, 0.15) is 0 Å². The van der Waals surface area contributed by atoms with Gasteiger partial charge >= 0.3 is 0 Å². The first-order chi connectivity index (χ1) is 9.29. The van der Waals surface area contributed by atoms with Gasteiger partial charge in [0.2, 0.25) is 10.9 Å². The average Bonchev–Trinajstić information content (AvgIpc) is 3.06. The molecule has 4 aromatic rings. The predicted octanol–water partition coefficient (Wildman–Crippen LogP) is 2.72. The number of aryl methyl sites for hydroxylation is 1. The van der Waals surface area contributed by atoms with Crippen LogP contribution in [0.2, 0.25) is 0 Å². The first kappa shape index (κ1) is 10.5. The van der Waals surface area contributed by atoms with Crippen molar-refractivity contribution in [2.24, 2.45) is 0 Å². The van der Waals surface area contributed by atoms with Crippen LogP contribution in [0.5, 0.6) is 0 Å². The fraction of sp³-hybridized carbons (Fsp3) is 0.0833. The number of para-hydroxylation sites is 2. The number of rotatable bonds is 2. The van der Waals surface area contributed by atoms with Crippen LogP contribution in [-0.4, -0.2) is 24.6 Å². The van der Waals surface area contributed by atoms with E-state index in [1.165, 1.54) is 0 Å². The maximum absolute atomic E-state index is 4.43. The van der Waals surface area contributed by atoms with Gasteiger partial charge in [-0.1, -0.05) is 12.1 Å². The molecule has 0 aliphatic heterocycles. The van der Waals surface area contributed by atoms with Crippen molar-refractivity contribution in [2.45, 2.75) is 6.92 Å². The third-order valence-corrected chi connectivity index (χ3v) is 3.80. The molecule has 1 aromatic carbocycles. The summed E-state index contributed by atoms with van der Waals surface area (Å²) in [6.45, 7) is 2.00. The van der Waals surface area contributed by atoms with Crippen molar-refractivity contribution in [1.82, 2.24) is 24.6 Å². The van der Waals surface area contributed by atoms with Crippen LogP contribution in [0.15, 0.2) is 29.6 Å². The van der Waals surface area contributed by atoms with Gasteiger partial charge in [0.05, 0.1) is 16.7 Å². The number of hydrogen-bond donors (Lipinski definition) is 2. The van der Waals surface area contributed by atoms with Crippen molar-refractivity contribution in [3.8, 4) is 0 Å². The van der Waals surface area contributed by atoms with Gasteiger partial charge in [0.15, 0.2) is 0 Å². The topological polar surface area (TPSA) is 70.9 Å². The third-order valence-electron chi connectivity index (χ3n) is 2.87. The van der Waals surface area contributed by atoms with Crippen LogP contribution >= 0.6 is 11.3 Å². The number of imidazole rings is 1. The van der Waals surface area contributed by atoms with Gasteiger partial charge in [-0.05, 0) is 19.1 Å². The lowest BCUT2D eigenvalue weighted by molar-refractivity contribution is 0.935. The Morgan fingerprint density at radius 3 is 3.00 bits per heavy atom. The Bertz CT molecular complexity index is 838. The molecule has 0 aliphatic carbocycles. The highest BCUT2D eigenvalue weighted by Crippen LogP contribution is 2.19. The lowest BCUT2D eigenvalue weighted by Crippen LogP contribution is -1.95. The molecule has 19 heavy (non-hydrogen) atoms. The van der Waals surface area contributed by atoms with Gasteiger partial charge in [0, 0.05) is 5.38 Å². The molecular weight excluding hydrogens is 260 g/mol. The van der Waals surface area contributed by atoms with E-state index >= 15 is 0 Å². The lowest BCUT2D eigenvalue weighted by Gasteiger charge is -1.94. The number of thiazole rings is 1. The first-order valence-electron chi connectivity index (χ1n) is 5.82. The number of hydrogen-bond acceptors (Lipinski definition) is 5. The van der Waals surface area contributed by atoms with Crippen LogP contribution in [0.3, 0.4) is 0 Å². The summed E-state index contributed by atoms with van der Waals surface area (Å²) in [6.07, 6.45) is 0.